The second kappa shape index (κ2) is 20.4. The van der Waals surface area contributed by atoms with Crippen LogP contribution >= 0.6 is 0 Å². The predicted molar refractivity (Wildman–Crippen MR) is 298 cm³/mol. The number of fused-ring (bicyclic) bond motifs is 8. The highest BCUT2D eigenvalue weighted by molar-refractivity contribution is 6.10. The summed E-state index contributed by atoms with van der Waals surface area (Å²) in [7, 11) is 2.22. The van der Waals surface area contributed by atoms with E-state index < -0.39 is 0 Å². The van der Waals surface area contributed by atoms with Gasteiger partial charge in [-0.1, -0.05) is 228 Å². The van der Waals surface area contributed by atoms with Gasteiger partial charge in [0, 0.05) is 34.8 Å². The van der Waals surface area contributed by atoms with Crippen molar-refractivity contribution in [3.63, 3.8) is 0 Å². The molecule has 0 N–H and O–H groups in total. The van der Waals surface area contributed by atoms with Gasteiger partial charge in [-0.15, -0.1) is 0 Å². The van der Waals surface area contributed by atoms with Crippen LogP contribution in [0.15, 0.2) is 182 Å². The quantitative estimate of drug-likeness (QED) is 0.166. The first-order valence-corrected chi connectivity index (χ1v) is 24.8. The van der Waals surface area contributed by atoms with Gasteiger partial charge in [-0.05, 0) is 138 Å². The fourth-order valence-corrected chi connectivity index (χ4v) is 11.0. The van der Waals surface area contributed by atoms with Gasteiger partial charge in [-0.2, -0.15) is 0 Å². The molecule has 1 nitrogen and oxygen atoms in total. The summed E-state index contributed by atoms with van der Waals surface area (Å²) in [5, 5.41) is 5.23. The van der Waals surface area contributed by atoms with E-state index in [-0.39, 0.29) is 10.8 Å². The van der Waals surface area contributed by atoms with Gasteiger partial charge in [-0.25, -0.2) is 0 Å². The zero-order valence-electron chi connectivity index (χ0n) is 42.3. The van der Waals surface area contributed by atoms with Crippen molar-refractivity contribution in [3.8, 4) is 33.4 Å². The molecule has 0 radical (unpaired) electrons. The molecule has 3 aliphatic rings. The summed E-state index contributed by atoms with van der Waals surface area (Å²) in [5.41, 5.74) is 21.6. The zero-order valence-corrected chi connectivity index (χ0v) is 42.3. The van der Waals surface area contributed by atoms with Crippen molar-refractivity contribution in [1.82, 2.24) is 0 Å². The maximum absolute atomic E-state index is 3.91. The molecule has 0 aromatic heterocycles. The largest absolute Gasteiger partial charge is 0.344 e. The molecular weight excluding hydrogens is 807 g/mol. The highest BCUT2D eigenvalue weighted by Crippen LogP contribution is 2.56. The summed E-state index contributed by atoms with van der Waals surface area (Å²) >= 11 is 0. The molecule has 1 heteroatoms. The smallest absolute Gasteiger partial charge is 0.0484 e. The van der Waals surface area contributed by atoms with Gasteiger partial charge in [0.2, 0.25) is 0 Å². The van der Waals surface area contributed by atoms with Crippen molar-refractivity contribution in [2.24, 2.45) is 0 Å². The van der Waals surface area contributed by atoms with Gasteiger partial charge in [0.05, 0.1) is 0 Å². The Morgan fingerprint density at radius 2 is 1.16 bits per heavy atom. The van der Waals surface area contributed by atoms with E-state index in [9.17, 15) is 0 Å². The summed E-state index contributed by atoms with van der Waals surface area (Å²) in [6, 6.07) is 58.2. The van der Waals surface area contributed by atoms with Crippen molar-refractivity contribution < 1.29 is 0 Å². The minimum atomic E-state index is -0.146. The Morgan fingerprint density at radius 1 is 0.537 bits per heavy atom. The lowest BCUT2D eigenvalue weighted by Crippen LogP contribution is -2.17. The topological polar surface area (TPSA) is 3.24 Å². The number of rotatable bonds is 5. The van der Waals surface area contributed by atoms with E-state index in [1.807, 2.05) is 47.6 Å². The molecule has 340 valence electrons. The fourth-order valence-electron chi connectivity index (χ4n) is 11.0. The molecule has 3 aliphatic carbocycles. The molecule has 8 aromatic carbocycles. The minimum absolute atomic E-state index is 0.127. The first-order valence-electron chi connectivity index (χ1n) is 24.8. The Morgan fingerprint density at radius 3 is 1.87 bits per heavy atom. The molecule has 0 saturated heterocycles. The third kappa shape index (κ3) is 8.51. The average Bonchev–Trinajstić information content (AvgIpc) is 3.74. The van der Waals surface area contributed by atoms with E-state index in [4.69, 9.17) is 0 Å². The standard InChI is InChI=1S/C46H37N.C14H16.3C2H6/c1-46(2)41-26-24-31-16-7-9-20-36(31)44(41)40-29-32-17-8-10-21-37(32)43(45(40)46)33-18-13-19-34(28-33)47(3)42-27-25-35(30-14-5-4-6-15-30)38-22-11-12-23-39(38)42;1-5-12-10(2)11-8-6-7-9-13(11)14(12,3)4;3*1-2/h4-10,12-21,23-29H,11,22H2,1-3H3;5-9H,1H2,2-4H3;3*1-2H3. The van der Waals surface area contributed by atoms with Crippen molar-refractivity contribution >= 4 is 44.6 Å². The van der Waals surface area contributed by atoms with Crippen molar-refractivity contribution in [1.29, 1.82) is 0 Å². The highest BCUT2D eigenvalue weighted by Gasteiger charge is 2.39. The predicted octanol–water partition coefficient (Wildman–Crippen LogP) is 19.4. The SMILES string of the molecule is C=CC1=C(C)c2ccccc2C1(C)C.CC.CC.CC.CN(c1cccc(-c2c3c(cc4ccccc24)-c2c(ccc4ccccc24)C3(C)C)c1)c1ccc(-c2ccccc2)c2c1C=CCC2. The van der Waals surface area contributed by atoms with Crippen molar-refractivity contribution in [3.05, 3.63) is 215 Å². The Labute approximate surface area is 403 Å². The maximum atomic E-state index is 3.91. The summed E-state index contributed by atoms with van der Waals surface area (Å²) in [5.74, 6) is 0. The fraction of sp³-hybridized carbons (Fsp3) is 0.242. The molecule has 8 aromatic rings. The molecule has 0 spiro atoms. The molecule has 67 heavy (non-hydrogen) atoms. The Kier molecular flexibility index (Phi) is 14.7. The van der Waals surface area contributed by atoms with E-state index in [2.05, 4.69) is 223 Å². The number of allylic oxidation sites excluding steroid dienone is 4. The zero-order chi connectivity index (χ0) is 48.0. The maximum Gasteiger partial charge on any atom is 0.0484 e. The molecule has 0 bridgehead atoms. The minimum Gasteiger partial charge on any atom is -0.344 e. The normalized spacial score (nSPS) is 14.0. The summed E-state index contributed by atoms with van der Waals surface area (Å²) in [6.07, 6.45) is 8.80. The summed E-state index contributed by atoms with van der Waals surface area (Å²) in [4.78, 5) is 2.38. The van der Waals surface area contributed by atoms with Crippen molar-refractivity contribution in [2.45, 2.75) is 99.8 Å². The van der Waals surface area contributed by atoms with Crippen LogP contribution in [0.4, 0.5) is 11.4 Å². The third-order valence-corrected chi connectivity index (χ3v) is 14.0. The van der Waals surface area contributed by atoms with Crippen LogP contribution in [0.2, 0.25) is 0 Å². The second-order valence-electron chi connectivity index (χ2n) is 18.1. The van der Waals surface area contributed by atoms with Gasteiger partial charge in [0.15, 0.2) is 0 Å². The molecular formula is C66H71N. The van der Waals surface area contributed by atoms with Gasteiger partial charge in [0.1, 0.15) is 0 Å². The Bertz CT molecular complexity index is 3120. The van der Waals surface area contributed by atoms with Crippen LogP contribution in [-0.2, 0) is 17.3 Å². The molecule has 0 atom stereocenters. The lowest BCUT2D eigenvalue weighted by atomic mass is 9.77. The van der Waals surface area contributed by atoms with E-state index in [0.717, 1.165) is 12.8 Å². The molecule has 0 fully saturated rings. The van der Waals surface area contributed by atoms with E-state index >= 15 is 0 Å². The average molecular weight is 878 g/mol. The number of benzene rings is 8. The summed E-state index contributed by atoms with van der Waals surface area (Å²) in [6.45, 7) is 27.4. The first-order chi connectivity index (χ1) is 32.6. The molecule has 11 rings (SSSR count). The van der Waals surface area contributed by atoms with Gasteiger partial charge in [-0.3, -0.25) is 0 Å². The van der Waals surface area contributed by atoms with Gasteiger partial charge in [0.25, 0.3) is 0 Å². The molecule has 0 unspecified atom stereocenters. The Balaban J connectivity index is 0.000000281. The highest BCUT2D eigenvalue weighted by atomic mass is 15.1. The molecule has 0 saturated carbocycles. The van der Waals surface area contributed by atoms with Crippen LogP contribution in [0.1, 0.15) is 116 Å². The van der Waals surface area contributed by atoms with Gasteiger partial charge < -0.3 is 4.90 Å². The molecule has 0 aliphatic heterocycles. The lowest BCUT2D eigenvalue weighted by molar-refractivity contribution is 0.654. The number of hydrogen-bond acceptors (Lipinski definition) is 1. The van der Waals surface area contributed by atoms with Gasteiger partial charge >= 0.3 is 0 Å². The van der Waals surface area contributed by atoms with Crippen LogP contribution in [-0.4, -0.2) is 7.05 Å². The van der Waals surface area contributed by atoms with E-state index in [1.54, 1.807) is 0 Å². The third-order valence-electron chi connectivity index (χ3n) is 14.0. The van der Waals surface area contributed by atoms with Crippen LogP contribution in [0, 0.1) is 0 Å². The van der Waals surface area contributed by atoms with E-state index in [1.165, 1.54) is 111 Å². The molecule has 0 amide bonds. The van der Waals surface area contributed by atoms with Crippen LogP contribution < -0.4 is 4.90 Å². The monoisotopic (exact) mass is 878 g/mol. The first kappa shape index (κ1) is 48.2. The molecule has 0 heterocycles. The van der Waals surface area contributed by atoms with Crippen LogP contribution in [0.3, 0.4) is 0 Å². The van der Waals surface area contributed by atoms with Crippen molar-refractivity contribution in [2.75, 3.05) is 11.9 Å². The number of anilines is 2. The lowest BCUT2D eigenvalue weighted by Gasteiger charge is -2.28. The van der Waals surface area contributed by atoms with E-state index in [0.29, 0.717) is 0 Å². The van der Waals surface area contributed by atoms with Crippen LogP contribution in [0.25, 0.3) is 66.6 Å². The van der Waals surface area contributed by atoms with Crippen LogP contribution in [0.5, 0.6) is 0 Å². The summed E-state index contributed by atoms with van der Waals surface area (Å²) < 4.78 is 0. The second-order valence-corrected chi connectivity index (χ2v) is 18.1. The number of hydrogen-bond donors (Lipinski definition) is 0. The number of nitrogens with zero attached hydrogens (tertiary/aromatic N) is 1. The Hall–Kier alpha value is -6.70.